The van der Waals surface area contributed by atoms with Gasteiger partial charge < -0.3 is 15.1 Å². The lowest BCUT2D eigenvalue weighted by molar-refractivity contribution is -0.117. The van der Waals surface area contributed by atoms with E-state index in [4.69, 9.17) is 0 Å². The van der Waals surface area contributed by atoms with Crippen molar-refractivity contribution in [3.8, 4) is 0 Å². The van der Waals surface area contributed by atoms with Crippen molar-refractivity contribution in [1.82, 2.24) is 10.3 Å². The SMILES string of the molecule is C[C@H](NC(=O)/C=C/c1c(F)cccc1F)c1cccc(N2CCN(c3ccccn3)CC2)c1. The van der Waals surface area contributed by atoms with Crippen LogP contribution < -0.4 is 15.1 Å². The molecule has 5 nitrogen and oxygen atoms in total. The van der Waals surface area contributed by atoms with Crippen molar-refractivity contribution < 1.29 is 13.6 Å². The largest absolute Gasteiger partial charge is 0.368 e. The number of carbonyl (C=O) groups is 1. The first kappa shape index (κ1) is 22.5. The molecule has 1 atom stereocenters. The van der Waals surface area contributed by atoms with E-state index >= 15 is 0 Å². The monoisotopic (exact) mass is 448 g/mol. The third-order valence-electron chi connectivity index (χ3n) is 5.75. The molecular weight excluding hydrogens is 422 g/mol. The third-order valence-corrected chi connectivity index (χ3v) is 5.75. The molecule has 1 N–H and O–H groups in total. The number of hydrogen-bond donors (Lipinski definition) is 1. The molecule has 170 valence electrons. The molecule has 1 aromatic heterocycles. The van der Waals surface area contributed by atoms with Crippen LogP contribution in [-0.4, -0.2) is 37.1 Å². The van der Waals surface area contributed by atoms with Crippen LogP contribution in [0.2, 0.25) is 0 Å². The summed E-state index contributed by atoms with van der Waals surface area (Å²) in [5.41, 5.74) is 1.82. The van der Waals surface area contributed by atoms with Crippen LogP contribution >= 0.6 is 0 Å². The summed E-state index contributed by atoms with van der Waals surface area (Å²) in [5.74, 6) is -0.837. The van der Waals surface area contributed by atoms with E-state index in [1.807, 2.05) is 43.5 Å². The molecule has 2 aromatic carbocycles. The Morgan fingerprint density at radius 2 is 1.67 bits per heavy atom. The molecule has 0 bridgehead atoms. The molecule has 0 saturated carbocycles. The highest BCUT2D eigenvalue weighted by atomic mass is 19.1. The molecule has 7 heteroatoms. The number of amides is 1. The van der Waals surface area contributed by atoms with Gasteiger partial charge in [-0.15, -0.1) is 0 Å². The molecule has 0 radical (unpaired) electrons. The van der Waals surface area contributed by atoms with Crippen molar-refractivity contribution in [2.45, 2.75) is 13.0 Å². The zero-order chi connectivity index (χ0) is 23.2. The first-order valence-corrected chi connectivity index (χ1v) is 10.9. The van der Waals surface area contributed by atoms with Gasteiger partial charge in [-0.05, 0) is 55.0 Å². The molecule has 0 spiro atoms. The summed E-state index contributed by atoms with van der Waals surface area (Å²) in [4.78, 5) is 21.3. The minimum atomic E-state index is -0.706. The van der Waals surface area contributed by atoms with Crippen LogP contribution in [0.1, 0.15) is 24.1 Å². The predicted molar refractivity (Wildman–Crippen MR) is 127 cm³/mol. The number of nitrogens with zero attached hydrogens (tertiary/aromatic N) is 3. The fourth-order valence-corrected chi connectivity index (χ4v) is 3.90. The maximum Gasteiger partial charge on any atom is 0.244 e. The normalized spacial score (nSPS) is 15.0. The molecule has 1 aliphatic rings. The summed E-state index contributed by atoms with van der Waals surface area (Å²) in [6, 6.07) is 17.3. The smallest absolute Gasteiger partial charge is 0.244 e. The molecule has 0 aliphatic carbocycles. The molecule has 1 amide bonds. The van der Waals surface area contributed by atoms with E-state index in [1.165, 1.54) is 6.07 Å². The van der Waals surface area contributed by atoms with Crippen molar-refractivity contribution >= 4 is 23.5 Å². The van der Waals surface area contributed by atoms with Gasteiger partial charge in [0.15, 0.2) is 0 Å². The summed E-state index contributed by atoms with van der Waals surface area (Å²) in [6.45, 7) is 5.39. The van der Waals surface area contributed by atoms with Crippen LogP contribution in [0.4, 0.5) is 20.3 Å². The number of pyridine rings is 1. The fraction of sp³-hybridized carbons (Fsp3) is 0.231. The number of hydrogen-bond acceptors (Lipinski definition) is 4. The van der Waals surface area contributed by atoms with Crippen molar-refractivity contribution in [3.05, 3.63) is 95.7 Å². The van der Waals surface area contributed by atoms with Crippen LogP contribution in [0.15, 0.2) is 72.9 Å². The maximum absolute atomic E-state index is 13.7. The Labute approximate surface area is 192 Å². The lowest BCUT2D eigenvalue weighted by Crippen LogP contribution is -2.46. The van der Waals surface area contributed by atoms with E-state index in [2.05, 4.69) is 32.2 Å². The van der Waals surface area contributed by atoms with Crippen LogP contribution in [0.25, 0.3) is 6.08 Å². The predicted octanol–water partition coefficient (Wildman–Crippen LogP) is 4.58. The van der Waals surface area contributed by atoms with E-state index in [1.54, 1.807) is 0 Å². The van der Waals surface area contributed by atoms with Gasteiger partial charge in [0, 0.05) is 49.7 Å². The number of anilines is 2. The summed E-state index contributed by atoms with van der Waals surface area (Å²) in [6.07, 6.45) is 4.12. The van der Waals surface area contributed by atoms with E-state index in [0.29, 0.717) is 0 Å². The number of rotatable bonds is 6. The fourth-order valence-electron chi connectivity index (χ4n) is 3.90. The summed E-state index contributed by atoms with van der Waals surface area (Å²) >= 11 is 0. The first-order chi connectivity index (χ1) is 16.0. The summed E-state index contributed by atoms with van der Waals surface area (Å²) in [5, 5.41) is 2.86. The quantitative estimate of drug-likeness (QED) is 0.561. The number of aromatic nitrogens is 1. The molecule has 1 saturated heterocycles. The molecule has 0 unspecified atom stereocenters. The lowest BCUT2D eigenvalue weighted by Gasteiger charge is -2.37. The van der Waals surface area contributed by atoms with E-state index in [9.17, 15) is 13.6 Å². The average molecular weight is 449 g/mol. The van der Waals surface area contributed by atoms with Crippen molar-refractivity contribution in [2.24, 2.45) is 0 Å². The van der Waals surface area contributed by atoms with Crippen molar-refractivity contribution in [2.75, 3.05) is 36.0 Å². The molecule has 33 heavy (non-hydrogen) atoms. The van der Waals surface area contributed by atoms with Gasteiger partial charge >= 0.3 is 0 Å². The highest BCUT2D eigenvalue weighted by Crippen LogP contribution is 2.23. The Kier molecular flexibility index (Phi) is 6.98. The number of carbonyl (C=O) groups excluding carboxylic acids is 1. The van der Waals surface area contributed by atoms with Gasteiger partial charge in [0.05, 0.1) is 6.04 Å². The number of nitrogens with one attached hydrogen (secondary N) is 1. The highest BCUT2D eigenvalue weighted by Gasteiger charge is 2.19. The Balaban J connectivity index is 1.36. The van der Waals surface area contributed by atoms with Gasteiger partial charge in [0.1, 0.15) is 17.5 Å². The standard InChI is InChI=1S/C26H26F2N4O/c1-19(30-26(33)12-11-22-23(27)8-5-9-24(22)28)20-6-4-7-21(18-20)31-14-16-32(17-15-31)25-10-2-3-13-29-25/h2-13,18-19H,14-17H2,1H3,(H,30,33)/b12-11+/t19-/m0/s1. The molecule has 1 aliphatic heterocycles. The minimum Gasteiger partial charge on any atom is -0.368 e. The van der Waals surface area contributed by atoms with Gasteiger partial charge in [-0.25, -0.2) is 13.8 Å². The van der Waals surface area contributed by atoms with Crippen molar-refractivity contribution in [3.63, 3.8) is 0 Å². The summed E-state index contributed by atoms with van der Waals surface area (Å²) in [7, 11) is 0. The highest BCUT2D eigenvalue weighted by molar-refractivity contribution is 5.92. The van der Waals surface area contributed by atoms with Crippen LogP contribution in [0.5, 0.6) is 0 Å². The molecule has 1 fully saturated rings. The van der Waals surface area contributed by atoms with E-state index in [-0.39, 0.29) is 11.6 Å². The maximum atomic E-state index is 13.7. The second-order valence-electron chi connectivity index (χ2n) is 7.96. The Hall–Kier alpha value is -3.74. The number of benzene rings is 2. The lowest BCUT2D eigenvalue weighted by atomic mass is 10.1. The first-order valence-electron chi connectivity index (χ1n) is 10.9. The number of piperazine rings is 1. The van der Waals surface area contributed by atoms with Gasteiger partial charge in [-0.3, -0.25) is 4.79 Å². The summed E-state index contributed by atoms with van der Waals surface area (Å²) < 4.78 is 27.5. The van der Waals surface area contributed by atoms with Gasteiger partial charge in [0.25, 0.3) is 0 Å². The minimum absolute atomic E-state index is 0.229. The third kappa shape index (κ3) is 5.55. The Bertz CT molecular complexity index is 1110. The topological polar surface area (TPSA) is 48.5 Å². The molecular formula is C26H26F2N4O. The molecule has 3 aromatic rings. The second-order valence-corrected chi connectivity index (χ2v) is 7.96. The van der Waals surface area contributed by atoms with Crippen LogP contribution in [-0.2, 0) is 4.79 Å². The van der Waals surface area contributed by atoms with Gasteiger partial charge in [-0.1, -0.05) is 24.3 Å². The molecule has 2 heterocycles. The zero-order valence-electron chi connectivity index (χ0n) is 18.4. The van der Waals surface area contributed by atoms with Crippen molar-refractivity contribution in [1.29, 1.82) is 0 Å². The van der Waals surface area contributed by atoms with Gasteiger partial charge in [0.2, 0.25) is 5.91 Å². The zero-order valence-corrected chi connectivity index (χ0v) is 18.4. The van der Waals surface area contributed by atoms with Crippen LogP contribution in [0.3, 0.4) is 0 Å². The van der Waals surface area contributed by atoms with E-state index < -0.39 is 17.5 Å². The average Bonchev–Trinajstić information content (AvgIpc) is 2.84. The van der Waals surface area contributed by atoms with Crippen LogP contribution in [0, 0.1) is 11.6 Å². The Morgan fingerprint density at radius 1 is 0.970 bits per heavy atom. The Morgan fingerprint density at radius 3 is 2.36 bits per heavy atom. The molecule has 4 rings (SSSR count). The van der Waals surface area contributed by atoms with E-state index in [0.717, 1.165) is 67.5 Å². The van der Waals surface area contributed by atoms with Gasteiger partial charge in [-0.2, -0.15) is 0 Å². The second kappa shape index (κ2) is 10.3. The number of halogens is 2.